The Morgan fingerprint density at radius 2 is 1.53 bits per heavy atom. The van der Waals surface area contributed by atoms with E-state index >= 15 is 0 Å². The molecule has 8 heteroatoms. The summed E-state index contributed by atoms with van der Waals surface area (Å²) in [4.78, 5) is 40.2. The van der Waals surface area contributed by atoms with Crippen LogP contribution in [0.15, 0.2) is 47.3 Å². The molecule has 0 bridgehead atoms. The normalized spacial score (nSPS) is 13.5. The van der Waals surface area contributed by atoms with Crippen LogP contribution in [0.5, 0.6) is 0 Å². The number of anilines is 2. The molecule has 0 unspecified atom stereocenters. The molecule has 3 aromatic carbocycles. The molecule has 2 amide bonds. The average molecular weight is 421 g/mol. The Hall–Kier alpha value is -3.58. The van der Waals surface area contributed by atoms with Crippen molar-refractivity contribution in [2.75, 3.05) is 17.3 Å². The maximum Gasteiger partial charge on any atom is 0.328 e. The molecule has 0 radical (unpaired) electrons. The zero-order valence-electron chi connectivity index (χ0n) is 16.5. The lowest BCUT2D eigenvalue weighted by Crippen LogP contribution is -2.40. The smallest absolute Gasteiger partial charge is 0.328 e. The number of nitrogens with zero attached hydrogens (tertiary/aromatic N) is 3. The number of halogens is 1. The van der Waals surface area contributed by atoms with E-state index in [0.717, 1.165) is 16.0 Å². The van der Waals surface area contributed by atoms with Crippen LogP contribution in [0.2, 0.25) is 5.02 Å². The van der Waals surface area contributed by atoms with Crippen LogP contribution < -0.4 is 15.9 Å². The van der Waals surface area contributed by atoms with E-state index in [4.69, 9.17) is 11.6 Å². The first-order chi connectivity index (χ1) is 14.3. The van der Waals surface area contributed by atoms with E-state index in [0.29, 0.717) is 27.5 Å². The highest BCUT2D eigenvalue weighted by molar-refractivity contribution is 6.41. The van der Waals surface area contributed by atoms with Crippen molar-refractivity contribution in [1.29, 1.82) is 0 Å². The van der Waals surface area contributed by atoms with Gasteiger partial charge in [-0.1, -0.05) is 23.7 Å². The number of aromatic nitrogens is 2. The van der Waals surface area contributed by atoms with E-state index in [1.165, 1.54) is 9.13 Å². The lowest BCUT2D eigenvalue weighted by atomic mass is 9.93. The highest BCUT2D eigenvalue weighted by Crippen LogP contribution is 2.38. The average Bonchev–Trinajstić information content (AvgIpc) is 2.95. The van der Waals surface area contributed by atoms with Crippen molar-refractivity contribution in [3.05, 3.63) is 69.1 Å². The van der Waals surface area contributed by atoms with Crippen LogP contribution in [0, 0.1) is 0 Å². The Bertz CT molecular complexity index is 1480. The summed E-state index contributed by atoms with van der Waals surface area (Å²) in [5, 5.41) is 4.71. The lowest BCUT2D eigenvalue weighted by Gasteiger charge is -2.28. The molecule has 0 atom stereocenters. The third-order valence-corrected chi connectivity index (χ3v) is 6.02. The first-order valence-electron chi connectivity index (χ1n) is 9.31. The van der Waals surface area contributed by atoms with Crippen LogP contribution in [0.25, 0.3) is 21.8 Å². The van der Waals surface area contributed by atoms with E-state index in [9.17, 15) is 14.4 Å². The Morgan fingerprint density at radius 1 is 0.867 bits per heavy atom. The molecule has 0 spiro atoms. The fourth-order valence-corrected chi connectivity index (χ4v) is 4.39. The molecule has 1 aliphatic heterocycles. The van der Waals surface area contributed by atoms with Crippen LogP contribution >= 0.6 is 11.6 Å². The first-order valence-corrected chi connectivity index (χ1v) is 9.69. The third-order valence-electron chi connectivity index (χ3n) is 5.71. The molecule has 0 aliphatic carbocycles. The molecule has 0 saturated heterocycles. The summed E-state index contributed by atoms with van der Waals surface area (Å²) in [5.74, 6) is -0.902. The maximum absolute atomic E-state index is 13.5. The zero-order chi connectivity index (χ0) is 21.3. The predicted molar refractivity (Wildman–Crippen MR) is 118 cm³/mol. The van der Waals surface area contributed by atoms with Crippen molar-refractivity contribution in [3.8, 4) is 0 Å². The number of imidazole rings is 1. The largest absolute Gasteiger partial charge is 0.388 e. The van der Waals surface area contributed by atoms with Crippen molar-refractivity contribution in [3.63, 3.8) is 0 Å². The minimum atomic E-state index is -0.456. The quantitative estimate of drug-likeness (QED) is 0.503. The molecule has 150 valence electrons. The second kappa shape index (κ2) is 6.21. The number of amides is 2. The predicted octanol–water partition coefficient (Wildman–Crippen LogP) is 3.53. The standard InChI is InChI=1S/C22H17ClN4O3/c1-24-12-7-11-5-4-6-13-19(11)14(8-12)21(29)27(20(13)28)16-10-18-17(9-15(16)23)25(2)22(30)26(18)3/h4-10,24H,1-3H3. The SMILES string of the molecule is CNc1cc2c3c(cccc3c1)C(=O)N(c1cc3c(cc1Cl)n(C)c(=O)n3C)C2=O. The Kier molecular flexibility index (Phi) is 3.82. The molecule has 1 aromatic heterocycles. The van der Waals surface area contributed by atoms with Gasteiger partial charge in [0, 0.05) is 37.8 Å². The van der Waals surface area contributed by atoms with Gasteiger partial charge in [0.1, 0.15) is 0 Å². The van der Waals surface area contributed by atoms with Gasteiger partial charge in [0.2, 0.25) is 0 Å². The fraction of sp³-hybridized carbons (Fsp3) is 0.136. The van der Waals surface area contributed by atoms with Crippen LogP contribution in [-0.2, 0) is 14.1 Å². The van der Waals surface area contributed by atoms with Gasteiger partial charge in [0.05, 0.1) is 27.3 Å². The number of carbonyl (C=O) groups excluding carboxylic acids is 2. The summed E-state index contributed by atoms with van der Waals surface area (Å²) in [7, 11) is 5.06. The lowest BCUT2D eigenvalue weighted by molar-refractivity contribution is 0.0893. The molecule has 4 aromatic rings. The Labute approximate surface area is 176 Å². The van der Waals surface area contributed by atoms with Gasteiger partial charge in [-0.25, -0.2) is 9.69 Å². The van der Waals surface area contributed by atoms with E-state index in [2.05, 4.69) is 5.32 Å². The Balaban J connectivity index is 1.80. The number of hydrogen-bond acceptors (Lipinski definition) is 4. The number of nitrogens with one attached hydrogen (secondary N) is 1. The summed E-state index contributed by atoms with van der Waals surface area (Å²) in [6, 6.07) is 12.2. The monoisotopic (exact) mass is 420 g/mol. The molecule has 5 rings (SSSR count). The number of rotatable bonds is 2. The van der Waals surface area contributed by atoms with Gasteiger partial charge >= 0.3 is 5.69 Å². The zero-order valence-corrected chi connectivity index (χ0v) is 17.2. The second-order valence-electron chi connectivity index (χ2n) is 7.32. The van der Waals surface area contributed by atoms with Crippen molar-refractivity contribution >= 4 is 56.6 Å². The van der Waals surface area contributed by atoms with Crippen LogP contribution in [0.3, 0.4) is 0 Å². The van der Waals surface area contributed by atoms with Crippen molar-refractivity contribution in [2.45, 2.75) is 0 Å². The van der Waals surface area contributed by atoms with Gasteiger partial charge < -0.3 is 5.32 Å². The minimum Gasteiger partial charge on any atom is -0.388 e. The van der Waals surface area contributed by atoms with Crippen LogP contribution in [0.1, 0.15) is 20.7 Å². The number of imide groups is 1. The molecular weight excluding hydrogens is 404 g/mol. The molecule has 1 N–H and O–H groups in total. The number of hydrogen-bond donors (Lipinski definition) is 1. The third kappa shape index (κ3) is 2.29. The van der Waals surface area contributed by atoms with Gasteiger partial charge in [-0.2, -0.15) is 0 Å². The van der Waals surface area contributed by atoms with Crippen molar-refractivity contribution < 1.29 is 9.59 Å². The summed E-state index contributed by atoms with van der Waals surface area (Å²) < 4.78 is 2.93. The van der Waals surface area contributed by atoms with Gasteiger partial charge in [-0.3, -0.25) is 18.7 Å². The summed E-state index contributed by atoms with van der Waals surface area (Å²) in [6.45, 7) is 0. The molecular formula is C22H17ClN4O3. The summed E-state index contributed by atoms with van der Waals surface area (Å²) in [5.41, 5.74) is 2.85. The number of carbonyl (C=O) groups is 2. The van der Waals surface area contributed by atoms with Gasteiger partial charge in [-0.05, 0) is 35.7 Å². The van der Waals surface area contributed by atoms with E-state index in [1.807, 2.05) is 12.1 Å². The molecule has 2 heterocycles. The van der Waals surface area contributed by atoms with Crippen molar-refractivity contribution in [2.24, 2.45) is 14.1 Å². The van der Waals surface area contributed by atoms with Gasteiger partial charge in [0.25, 0.3) is 11.8 Å². The Morgan fingerprint density at radius 3 is 2.23 bits per heavy atom. The van der Waals surface area contributed by atoms with E-state index in [1.54, 1.807) is 51.5 Å². The summed E-state index contributed by atoms with van der Waals surface area (Å²) in [6.07, 6.45) is 0. The van der Waals surface area contributed by atoms with E-state index < -0.39 is 11.8 Å². The minimum absolute atomic E-state index is 0.214. The molecule has 30 heavy (non-hydrogen) atoms. The number of benzene rings is 3. The number of aryl methyl sites for hydroxylation is 2. The molecule has 7 nitrogen and oxygen atoms in total. The van der Waals surface area contributed by atoms with Gasteiger partial charge in [0.15, 0.2) is 0 Å². The molecule has 1 aliphatic rings. The highest BCUT2D eigenvalue weighted by atomic mass is 35.5. The highest BCUT2D eigenvalue weighted by Gasteiger charge is 2.35. The van der Waals surface area contributed by atoms with E-state index in [-0.39, 0.29) is 16.4 Å². The number of fused-ring (bicyclic) bond motifs is 1. The molecule has 0 saturated carbocycles. The first kappa shape index (κ1) is 18.4. The second-order valence-corrected chi connectivity index (χ2v) is 7.72. The van der Waals surface area contributed by atoms with Crippen molar-refractivity contribution in [1.82, 2.24) is 9.13 Å². The fourth-order valence-electron chi connectivity index (χ4n) is 4.15. The van der Waals surface area contributed by atoms with Crippen LogP contribution in [-0.4, -0.2) is 28.0 Å². The summed E-state index contributed by atoms with van der Waals surface area (Å²) >= 11 is 6.51. The molecule has 0 fully saturated rings. The topological polar surface area (TPSA) is 76.3 Å². The maximum atomic E-state index is 13.5. The van der Waals surface area contributed by atoms with Gasteiger partial charge in [-0.15, -0.1) is 0 Å². The van der Waals surface area contributed by atoms with Crippen LogP contribution in [0.4, 0.5) is 11.4 Å².